The Morgan fingerprint density at radius 3 is 2.75 bits per heavy atom. The summed E-state index contributed by atoms with van der Waals surface area (Å²) in [6.45, 7) is 3.26. The van der Waals surface area contributed by atoms with E-state index in [4.69, 9.17) is 11.6 Å². The number of rotatable bonds is 1. The zero-order chi connectivity index (χ0) is 9.14. The summed E-state index contributed by atoms with van der Waals surface area (Å²) < 4.78 is 0. The summed E-state index contributed by atoms with van der Waals surface area (Å²) in [7, 11) is 0. The lowest BCUT2D eigenvalue weighted by Crippen LogP contribution is -2.06. The van der Waals surface area contributed by atoms with E-state index in [1.165, 1.54) is 6.92 Å². The van der Waals surface area contributed by atoms with Gasteiger partial charge < -0.3 is 5.32 Å². The van der Waals surface area contributed by atoms with E-state index in [2.05, 4.69) is 10.3 Å². The number of nitrogens with zero attached hydrogens (tertiary/aromatic N) is 1. The minimum absolute atomic E-state index is 0.114. The highest BCUT2D eigenvalue weighted by Crippen LogP contribution is 2.14. The van der Waals surface area contributed by atoms with Crippen molar-refractivity contribution in [1.29, 1.82) is 0 Å². The predicted octanol–water partition coefficient (Wildman–Crippen LogP) is 2.00. The number of amides is 1. The number of nitrogens with one attached hydrogen (secondary N) is 1. The van der Waals surface area contributed by atoms with Crippen molar-refractivity contribution in [2.45, 2.75) is 13.8 Å². The number of carbonyl (C=O) groups excluding carboxylic acids is 1. The first-order chi connectivity index (χ1) is 5.58. The van der Waals surface area contributed by atoms with Crippen LogP contribution in [0, 0.1) is 6.92 Å². The third kappa shape index (κ3) is 2.51. The zero-order valence-corrected chi connectivity index (χ0v) is 7.64. The van der Waals surface area contributed by atoms with E-state index in [0.717, 1.165) is 5.69 Å². The average molecular weight is 185 g/mol. The number of hydrogen-bond acceptors (Lipinski definition) is 2. The smallest absolute Gasteiger partial charge is 0.221 e. The van der Waals surface area contributed by atoms with Crippen LogP contribution in [0.1, 0.15) is 12.6 Å². The molecule has 64 valence electrons. The minimum atomic E-state index is -0.114. The van der Waals surface area contributed by atoms with E-state index in [-0.39, 0.29) is 5.91 Å². The van der Waals surface area contributed by atoms with Crippen LogP contribution in [-0.2, 0) is 4.79 Å². The Labute approximate surface area is 75.8 Å². The van der Waals surface area contributed by atoms with Crippen LogP contribution in [0.5, 0.6) is 0 Å². The van der Waals surface area contributed by atoms with Crippen molar-refractivity contribution < 1.29 is 4.79 Å². The van der Waals surface area contributed by atoms with Crippen LogP contribution in [0.3, 0.4) is 0 Å². The molecule has 12 heavy (non-hydrogen) atoms. The number of aryl methyl sites for hydroxylation is 1. The summed E-state index contributed by atoms with van der Waals surface area (Å²) in [5.41, 5.74) is 1.46. The average Bonchev–Trinajstić information content (AvgIpc) is 1.81. The quantitative estimate of drug-likeness (QED) is 0.679. The molecule has 0 aromatic carbocycles. The van der Waals surface area contributed by atoms with Crippen LogP contribution in [0.4, 0.5) is 5.69 Å². The Balaban J connectivity index is 2.93. The van der Waals surface area contributed by atoms with Gasteiger partial charge in [-0.1, -0.05) is 11.6 Å². The second kappa shape index (κ2) is 3.54. The van der Waals surface area contributed by atoms with E-state index >= 15 is 0 Å². The third-order valence-electron chi connectivity index (χ3n) is 1.24. The zero-order valence-electron chi connectivity index (χ0n) is 6.89. The molecule has 1 N–H and O–H groups in total. The molecular weight excluding hydrogens is 176 g/mol. The summed E-state index contributed by atoms with van der Waals surface area (Å²) >= 11 is 5.67. The fraction of sp³-hybridized carbons (Fsp3) is 0.250. The molecule has 4 heteroatoms. The van der Waals surface area contributed by atoms with Crippen molar-refractivity contribution in [1.82, 2.24) is 4.98 Å². The van der Waals surface area contributed by atoms with E-state index < -0.39 is 0 Å². The van der Waals surface area contributed by atoms with E-state index in [0.29, 0.717) is 10.8 Å². The molecule has 1 heterocycles. The summed E-state index contributed by atoms with van der Waals surface area (Å²) in [4.78, 5) is 14.6. The van der Waals surface area contributed by atoms with Crippen LogP contribution < -0.4 is 5.32 Å². The fourth-order valence-electron chi connectivity index (χ4n) is 0.903. The van der Waals surface area contributed by atoms with Crippen LogP contribution in [-0.4, -0.2) is 10.9 Å². The summed E-state index contributed by atoms with van der Waals surface area (Å²) in [5, 5.41) is 3.01. The normalized spacial score (nSPS) is 9.58. The van der Waals surface area contributed by atoms with Crippen LogP contribution in [0.25, 0.3) is 0 Å². The Bertz CT molecular complexity index is 292. The predicted molar refractivity (Wildman–Crippen MR) is 48.3 cm³/mol. The summed E-state index contributed by atoms with van der Waals surface area (Å²) in [6, 6.07) is 3.36. The van der Waals surface area contributed by atoms with Gasteiger partial charge in [-0.25, -0.2) is 4.98 Å². The third-order valence-corrected chi connectivity index (χ3v) is 1.44. The maximum Gasteiger partial charge on any atom is 0.221 e. The minimum Gasteiger partial charge on any atom is -0.326 e. The Kier molecular flexibility index (Phi) is 2.65. The molecule has 1 rings (SSSR count). The molecule has 0 aliphatic heterocycles. The highest BCUT2D eigenvalue weighted by atomic mass is 35.5. The lowest BCUT2D eigenvalue weighted by molar-refractivity contribution is -0.114. The molecule has 3 nitrogen and oxygen atoms in total. The fourth-order valence-corrected chi connectivity index (χ4v) is 1.15. The molecule has 0 radical (unpaired) electrons. The second-order valence-corrected chi connectivity index (χ2v) is 2.89. The number of pyridine rings is 1. The van der Waals surface area contributed by atoms with E-state index in [9.17, 15) is 4.79 Å². The van der Waals surface area contributed by atoms with Crippen molar-refractivity contribution in [3.8, 4) is 0 Å². The van der Waals surface area contributed by atoms with E-state index in [1.807, 2.05) is 6.92 Å². The number of hydrogen-bond donors (Lipinski definition) is 1. The topological polar surface area (TPSA) is 42.0 Å². The van der Waals surface area contributed by atoms with Gasteiger partial charge in [0.15, 0.2) is 0 Å². The molecule has 0 fully saturated rings. The first kappa shape index (κ1) is 9.00. The number of carbonyl (C=O) groups is 1. The van der Waals surface area contributed by atoms with Crippen molar-refractivity contribution in [3.05, 3.63) is 23.0 Å². The maximum atomic E-state index is 10.7. The van der Waals surface area contributed by atoms with Crippen molar-refractivity contribution in [2.75, 3.05) is 5.32 Å². The molecule has 0 spiro atoms. The van der Waals surface area contributed by atoms with Crippen molar-refractivity contribution >= 4 is 23.2 Å². The van der Waals surface area contributed by atoms with Gasteiger partial charge in [0.1, 0.15) is 5.15 Å². The van der Waals surface area contributed by atoms with Gasteiger partial charge in [0, 0.05) is 18.3 Å². The van der Waals surface area contributed by atoms with Crippen LogP contribution >= 0.6 is 11.6 Å². The van der Waals surface area contributed by atoms with Crippen LogP contribution in [0.2, 0.25) is 5.15 Å². The van der Waals surface area contributed by atoms with Gasteiger partial charge in [0.25, 0.3) is 0 Å². The largest absolute Gasteiger partial charge is 0.326 e. The lowest BCUT2D eigenvalue weighted by Gasteiger charge is -2.02. The molecule has 1 aromatic heterocycles. The highest BCUT2D eigenvalue weighted by Gasteiger charge is 1.98. The molecule has 0 saturated heterocycles. The van der Waals surface area contributed by atoms with Crippen molar-refractivity contribution in [2.24, 2.45) is 0 Å². The van der Waals surface area contributed by atoms with Gasteiger partial charge in [-0.05, 0) is 19.1 Å². The van der Waals surface area contributed by atoms with Gasteiger partial charge in [-0.15, -0.1) is 0 Å². The maximum absolute atomic E-state index is 10.7. The van der Waals surface area contributed by atoms with Gasteiger partial charge in [0.05, 0.1) is 0 Å². The SMILES string of the molecule is CC(=O)Nc1cc(C)nc(Cl)c1. The Morgan fingerprint density at radius 2 is 2.25 bits per heavy atom. The van der Waals surface area contributed by atoms with Gasteiger partial charge in [-0.3, -0.25) is 4.79 Å². The number of halogens is 1. The van der Waals surface area contributed by atoms with Crippen LogP contribution in [0.15, 0.2) is 12.1 Å². The van der Waals surface area contributed by atoms with Gasteiger partial charge in [0.2, 0.25) is 5.91 Å². The standard InChI is InChI=1S/C8H9ClN2O/c1-5-3-7(11-6(2)12)4-8(9)10-5/h3-4H,1-2H3,(H,10,11,12). The first-order valence-corrected chi connectivity index (χ1v) is 3.87. The van der Waals surface area contributed by atoms with Gasteiger partial charge >= 0.3 is 0 Å². The molecule has 0 atom stereocenters. The highest BCUT2D eigenvalue weighted by molar-refractivity contribution is 6.29. The summed E-state index contributed by atoms with van der Waals surface area (Å²) in [6.07, 6.45) is 0. The molecular formula is C8H9ClN2O. The molecule has 0 aliphatic rings. The molecule has 0 aliphatic carbocycles. The molecule has 0 bridgehead atoms. The molecule has 1 aromatic rings. The Hall–Kier alpha value is -1.09. The van der Waals surface area contributed by atoms with E-state index in [1.54, 1.807) is 12.1 Å². The molecule has 0 unspecified atom stereocenters. The molecule has 1 amide bonds. The second-order valence-electron chi connectivity index (χ2n) is 2.50. The Morgan fingerprint density at radius 1 is 1.58 bits per heavy atom. The first-order valence-electron chi connectivity index (χ1n) is 3.50. The lowest BCUT2D eigenvalue weighted by atomic mass is 10.3. The number of anilines is 1. The number of aromatic nitrogens is 1. The molecule has 0 saturated carbocycles. The summed E-state index contributed by atoms with van der Waals surface area (Å²) in [5.74, 6) is -0.114. The van der Waals surface area contributed by atoms with Gasteiger partial charge in [-0.2, -0.15) is 0 Å². The monoisotopic (exact) mass is 184 g/mol. The van der Waals surface area contributed by atoms with Crippen molar-refractivity contribution in [3.63, 3.8) is 0 Å².